The highest BCUT2D eigenvalue weighted by Gasteiger charge is 2.13. The number of halogens is 3. The molecule has 0 aromatic carbocycles. The summed E-state index contributed by atoms with van der Waals surface area (Å²) in [6.07, 6.45) is 0.174. The molecular weight excluding hydrogens is 283 g/mol. The summed E-state index contributed by atoms with van der Waals surface area (Å²) in [5.74, 6) is -0.208. The van der Waals surface area contributed by atoms with Crippen molar-refractivity contribution in [3.63, 3.8) is 0 Å². The van der Waals surface area contributed by atoms with E-state index in [-0.39, 0.29) is 22.6 Å². The Hall–Kier alpha value is -0.100. The van der Waals surface area contributed by atoms with Gasteiger partial charge in [-0.05, 0) is 24.9 Å². The van der Waals surface area contributed by atoms with Crippen molar-refractivity contribution in [2.24, 2.45) is 0 Å². The van der Waals surface area contributed by atoms with Gasteiger partial charge in [0, 0.05) is 21.9 Å². The first-order chi connectivity index (χ1) is 6.79. The Labute approximate surface area is 102 Å². The Morgan fingerprint density at radius 1 is 1.27 bits per heavy atom. The maximum atomic E-state index is 10.7. The van der Waals surface area contributed by atoms with Gasteiger partial charge >= 0.3 is 0 Å². The molecule has 0 amide bonds. The minimum atomic E-state index is -3.54. The van der Waals surface area contributed by atoms with Gasteiger partial charge in [0.2, 0.25) is 14.3 Å². The zero-order valence-corrected chi connectivity index (χ0v) is 10.8. The quantitative estimate of drug-likeness (QED) is 0.486. The average molecular weight is 290 g/mol. The third-order valence-corrected chi connectivity index (χ3v) is 3.37. The molecule has 0 radical (unpaired) electrons. The summed E-state index contributed by atoms with van der Waals surface area (Å²) in [5, 5.41) is 0.197. The fourth-order valence-corrected chi connectivity index (χ4v) is 2.28. The molecule has 0 N–H and O–H groups in total. The van der Waals surface area contributed by atoms with Gasteiger partial charge in [0.25, 0.3) is 0 Å². The second kappa shape index (κ2) is 4.82. The minimum Gasteiger partial charge on any atom is -0.223 e. The lowest BCUT2D eigenvalue weighted by Gasteiger charge is -2.05. The zero-order chi connectivity index (χ0) is 11.6. The van der Waals surface area contributed by atoms with Gasteiger partial charge in [-0.15, -0.1) is 0 Å². The molecule has 1 aromatic rings. The molecule has 1 aromatic heterocycles. The summed E-state index contributed by atoms with van der Waals surface area (Å²) in [6.45, 7) is 1.68. The van der Waals surface area contributed by atoms with Crippen LogP contribution in [-0.4, -0.2) is 24.1 Å². The normalized spacial score (nSPS) is 11.7. The Morgan fingerprint density at radius 3 is 2.33 bits per heavy atom. The lowest BCUT2D eigenvalue weighted by Crippen LogP contribution is -2.05. The number of nitrogens with zero attached hydrogens (tertiary/aromatic N) is 2. The van der Waals surface area contributed by atoms with Crippen molar-refractivity contribution in [1.29, 1.82) is 0 Å². The van der Waals surface area contributed by atoms with Gasteiger partial charge in [0.1, 0.15) is 5.15 Å². The molecule has 8 heteroatoms. The summed E-state index contributed by atoms with van der Waals surface area (Å²) in [4.78, 5) is 7.58. The second-order valence-corrected chi connectivity index (χ2v) is 6.43. The first kappa shape index (κ1) is 13.0. The smallest absolute Gasteiger partial charge is 0.223 e. The van der Waals surface area contributed by atoms with Crippen molar-refractivity contribution in [3.8, 4) is 0 Å². The summed E-state index contributed by atoms with van der Waals surface area (Å²) < 4.78 is 21.5. The van der Waals surface area contributed by atoms with E-state index in [1.807, 2.05) is 0 Å². The van der Waals surface area contributed by atoms with Gasteiger partial charge in [-0.1, -0.05) is 11.6 Å². The molecular formula is C7H7Cl3N2O2S. The highest BCUT2D eigenvalue weighted by molar-refractivity contribution is 8.13. The summed E-state index contributed by atoms with van der Waals surface area (Å²) in [6, 6.07) is 0. The van der Waals surface area contributed by atoms with E-state index in [2.05, 4.69) is 9.97 Å². The maximum absolute atomic E-state index is 10.7. The highest BCUT2D eigenvalue weighted by atomic mass is 35.7. The van der Waals surface area contributed by atoms with Gasteiger partial charge in [-0.2, -0.15) is 0 Å². The topological polar surface area (TPSA) is 59.9 Å². The summed E-state index contributed by atoms with van der Waals surface area (Å²) in [7, 11) is 1.54. The molecule has 0 bridgehead atoms. The van der Waals surface area contributed by atoms with Gasteiger partial charge in [-0.25, -0.2) is 18.4 Å². The second-order valence-electron chi connectivity index (χ2n) is 2.84. The van der Waals surface area contributed by atoms with Crippen molar-refractivity contribution in [2.45, 2.75) is 13.3 Å². The molecule has 0 aliphatic carbocycles. The van der Waals surface area contributed by atoms with E-state index in [4.69, 9.17) is 33.9 Å². The Bertz CT molecular complexity index is 452. The molecule has 1 rings (SSSR count). The van der Waals surface area contributed by atoms with Gasteiger partial charge in [0.05, 0.1) is 5.75 Å². The van der Waals surface area contributed by atoms with Crippen LogP contribution in [0, 0.1) is 6.92 Å². The molecule has 0 aliphatic heterocycles. The molecule has 15 heavy (non-hydrogen) atoms. The fourth-order valence-electron chi connectivity index (χ4n) is 1.04. The van der Waals surface area contributed by atoms with Crippen molar-refractivity contribution in [2.75, 3.05) is 5.75 Å². The lowest BCUT2D eigenvalue weighted by molar-refractivity contribution is 0.608. The Kier molecular flexibility index (Phi) is 4.17. The third-order valence-electron chi connectivity index (χ3n) is 1.73. The first-order valence-corrected chi connectivity index (χ1v) is 7.14. The van der Waals surface area contributed by atoms with Crippen molar-refractivity contribution in [3.05, 3.63) is 21.7 Å². The first-order valence-electron chi connectivity index (χ1n) is 3.90. The number of hydrogen-bond donors (Lipinski definition) is 0. The van der Waals surface area contributed by atoms with E-state index < -0.39 is 9.05 Å². The number of hydrogen-bond acceptors (Lipinski definition) is 4. The van der Waals surface area contributed by atoms with E-state index in [1.54, 1.807) is 6.92 Å². The number of rotatable bonds is 3. The number of aryl methyl sites for hydroxylation is 1. The molecule has 0 aliphatic rings. The molecule has 4 nitrogen and oxygen atoms in total. The van der Waals surface area contributed by atoms with Crippen molar-refractivity contribution < 1.29 is 8.42 Å². The van der Waals surface area contributed by atoms with Crippen LogP contribution >= 0.6 is 33.9 Å². The maximum Gasteiger partial charge on any atom is 0.232 e. The standard InChI is InChI=1S/C7H7Cl3N2O2S/c1-4-5(2-3-15(10,13)14)6(8)12-7(9)11-4/h2-3H2,1H3. The van der Waals surface area contributed by atoms with Crippen LogP contribution in [0.15, 0.2) is 0 Å². The van der Waals surface area contributed by atoms with Gasteiger partial charge in [-0.3, -0.25) is 0 Å². The van der Waals surface area contributed by atoms with E-state index >= 15 is 0 Å². The van der Waals surface area contributed by atoms with Crippen LogP contribution in [0.4, 0.5) is 0 Å². The summed E-state index contributed by atoms with van der Waals surface area (Å²) in [5.41, 5.74) is 1.10. The predicted octanol–water partition coefficient (Wildman–Crippen LogP) is 2.20. The molecule has 0 saturated heterocycles. The average Bonchev–Trinajstić information content (AvgIpc) is 1.99. The van der Waals surface area contributed by atoms with Crippen LogP contribution in [0.1, 0.15) is 11.3 Å². The van der Waals surface area contributed by atoms with E-state index in [0.717, 1.165) is 0 Å². The van der Waals surface area contributed by atoms with Gasteiger partial charge < -0.3 is 0 Å². The largest absolute Gasteiger partial charge is 0.232 e. The Balaban J connectivity index is 2.96. The van der Waals surface area contributed by atoms with Crippen LogP contribution in [-0.2, 0) is 15.5 Å². The zero-order valence-electron chi connectivity index (χ0n) is 7.67. The molecule has 0 saturated carbocycles. The molecule has 0 spiro atoms. The van der Waals surface area contributed by atoms with E-state index in [9.17, 15) is 8.42 Å². The van der Waals surface area contributed by atoms with Crippen LogP contribution < -0.4 is 0 Å². The lowest BCUT2D eigenvalue weighted by atomic mass is 10.2. The van der Waals surface area contributed by atoms with Gasteiger partial charge in [0.15, 0.2) is 0 Å². The SMILES string of the molecule is Cc1nc(Cl)nc(Cl)c1CCS(=O)(=O)Cl. The van der Waals surface area contributed by atoms with Crippen LogP contribution in [0.25, 0.3) is 0 Å². The van der Waals surface area contributed by atoms with Crippen LogP contribution in [0.2, 0.25) is 10.4 Å². The molecule has 1 heterocycles. The van der Waals surface area contributed by atoms with E-state index in [0.29, 0.717) is 11.3 Å². The van der Waals surface area contributed by atoms with Crippen molar-refractivity contribution in [1.82, 2.24) is 9.97 Å². The summed E-state index contributed by atoms with van der Waals surface area (Å²) >= 11 is 11.4. The highest BCUT2D eigenvalue weighted by Crippen LogP contribution is 2.19. The predicted molar refractivity (Wildman–Crippen MR) is 60.1 cm³/mol. The minimum absolute atomic E-state index is 0.0370. The molecule has 0 unspecified atom stereocenters. The Morgan fingerprint density at radius 2 is 1.87 bits per heavy atom. The third kappa shape index (κ3) is 4.10. The van der Waals surface area contributed by atoms with Crippen LogP contribution in [0.5, 0.6) is 0 Å². The van der Waals surface area contributed by atoms with Crippen molar-refractivity contribution >= 4 is 42.9 Å². The number of aromatic nitrogens is 2. The monoisotopic (exact) mass is 288 g/mol. The molecule has 0 atom stereocenters. The van der Waals surface area contributed by atoms with Crippen LogP contribution in [0.3, 0.4) is 0 Å². The van der Waals surface area contributed by atoms with E-state index in [1.165, 1.54) is 0 Å². The molecule has 84 valence electrons. The fraction of sp³-hybridized carbons (Fsp3) is 0.429. The molecule has 0 fully saturated rings.